The molecule has 2 aliphatic rings. The van der Waals surface area contributed by atoms with Gasteiger partial charge in [-0.1, -0.05) is 24.6 Å². The highest BCUT2D eigenvalue weighted by atomic mass is 32.2. The Bertz CT molecular complexity index is 1080. The first-order valence-electron chi connectivity index (χ1n) is 11.6. The molecule has 0 bridgehead atoms. The van der Waals surface area contributed by atoms with Gasteiger partial charge in [-0.05, 0) is 49.2 Å². The van der Waals surface area contributed by atoms with E-state index in [0.29, 0.717) is 45.0 Å². The second kappa shape index (κ2) is 10.9. The van der Waals surface area contributed by atoms with Gasteiger partial charge in [-0.25, -0.2) is 13.2 Å². The van der Waals surface area contributed by atoms with Crippen LogP contribution in [0.15, 0.2) is 59.5 Å². The molecule has 0 radical (unpaired) electrons. The fourth-order valence-corrected chi connectivity index (χ4v) is 5.60. The van der Waals surface area contributed by atoms with E-state index >= 15 is 0 Å². The molecule has 2 fully saturated rings. The molecule has 0 atom stereocenters. The third-order valence-corrected chi connectivity index (χ3v) is 8.00. The molecule has 9 nitrogen and oxygen atoms in total. The van der Waals surface area contributed by atoms with Crippen molar-refractivity contribution >= 4 is 27.6 Å². The first kappa shape index (κ1) is 24.0. The largest absolute Gasteiger partial charge is 0.484 e. The Hall–Kier alpha value is -3.11. The molecule has 10 heteroatoms. The van der Waals surface area contributed by atoms with E-state index in [2.05, 4.69) is 5.32 Å². The number of piperidine rings is 1. The molecule has 2 heterocycles. The van der Waals surface area contributed by atoms with Gasteiger partial charge in [-0.3, -0.25) is 4.79 Å². The van der Waals surface area contributed by atoms with Crippen molar-refractivity contribution in [2.45, 2.75) is 24.2 Å². The quantitative estimate of drug-likeness (QED) is 0.677. The highest BCUT2D eigenvalue weighted by Crippen LogP contribution is 2.22. The summed E-state index contributed by atoms with van der Waals surface area (Å²) in [5.74, 6) is 0.264. The van der Waals surface area contributed by atoms with E-state index in [1.807, 2.05) is 30.3 Å². The molecule has 182 valence electrons. The Morgan fingerprint density at radius 1 is 0.794 bits per heavy atom. The van der Waals surface area contributed by atoms with Crippen LogP contribution in [0.2, 0.25) is 0 Å². The topological polar surface area (TPSA) is 99.3 Å². The van der Waals surface area contributed by atoms with Gasteiger partial charge in [0.2, 0.25) is 10.0 Å². The van der Waals surface area contributed by atoms with Crippen molar-refractivity contribution in [2.24, 2.45) is 0 Å². The minimum absolute atomic E-state index is 0.144. The van der Waals surface area contributed by atoms with E-state index in [1.165, 1.54) is 16.4 Å². The number of piperazine rings is 1. The number of rotatable bonds is 6. The first-order valence-corrected chi connectivity index (χ1v) is 13.0. The maximum Gasteiger partial charge on any atom is 0.321 e. The highest BCUT2D eigenvalue weighted by molar-refractivity contribution is 7.89. The number of hydrogen-bond donors (Lipinski definition) is 1. The normalized spacial score (nSPS) is 17.3. The second-order valence-corrected chi connectivity index (χ2v) is 10.3. The van der Waals surface area contributed by atoms with E-state index in [4.69, 9.17) is 4.74 Å². The first-order chi connectivity index (χ1) is 16.4. The van der Waals surface area contributed by atoms with Crippen LogP contribution in [0.1, 0.15) is 19.3 Å². The molecule has 34 heavy (non-hydrogen) atoms. The Morgan fingerprint density at radius 3 is 2.06 bits per heavy atom. The van der Waals surface area contributed by atoms with Crippen LogP contribution in [0.3, 0.4) is 0 Å². The number of carbonyl (C=O) groups is 2. The highest BCUT2D eigenvalue weighted by Gasteiger charge is 2.26. The number of benzene rings is 2. The molecule has 2 saturated heterocycles. The van der Waals surface area contributed by atoms with Crippen molar-refractivity contribution in [3.8, 4) is 5.75 Å². The van der Waals surface area contributed by atoms with Gasteiger partial charge in [0, 0.05) is 45.0 Å². The van der Waals surface area contributed by atoms with Crippen molar-refractivity contribution in [1.82, 2.24) is 14.1 Å². The van der Waals surface area contributed by atoms with Gasteiger partial charge in [0.1, 0.15) is 5.75 Å². The van der Waals surface area contributed by atoms with Gasteiger partial charge in [-0.2, -0.15) is 4.31 Å². The lowest BCUT2D eigenvalue weighted by Crippen LogP contribution is -2.52. The minimum atomic E-state index is -3.49. The summed E-state index contributed by atoms with van der Waals surface area (Å²) in [5, 5.41) is 2.85. The summed E-state index contributed by atoms with van der Waals surface area (Å²) in [7, 11) is -3.49. The van der Waals surface area contributed by atoms with Crippen molar-refractivity contribution in [2.75, 3.05) is 51.2 Å². The zero-order valence-corrected chi connectivity index (χ0v) is 19.9. The molecule has 3 amide bonds. The van der Waals surface area contributed by atoms with Gasteiger partial charge < -0.3 is 19.9 Å². The van der Waals surface area contributed by atoms with E-state index < -0.39 is 10.0 Å². The molecule has 0 aliphatic carbocycles. The summed E-state index contributed by atoms with van der Waals surface area (Å²) in [6.07, 6.45) is 2.83. The number of ether oxygens (including phenoxy) is 1. The molecule has 2 aliphatic heterocycles. The van der Waals surface area contributed by atoms with Gasteiger partial charge in [-0.15, -0.1) is 0 Å². The van der Waals surface area contributed by atoms with Crippen molar-refractivity contribution in [3.05, 3.63) is 54.6 Å². The molecule has 4 rings (SSSR count). The molecule has 0 aromatic heterocycles. The average Bonchev–Trinajstić information content (AvgIpc) is 2.88. The Kier molecular flexibility index (Phi) is 7.69. The molecule has 0 unspecified atom stereocenters. The third-order valence-electron chi connectivity index (χ3n) is 6.08. The molecule has 0 spiro atoms. The monoisotopic (exact) mass is 486 g/mol. The van der Waals surface area contributed by atoms with Gasteiger partial charge in [0.05, 0.1) is 4.90 Å². The number of para-hydroxylation sites is 1. The van der Waals surface area contributed by atoms with Crippen LogP contribution in [-0.2, 0) is 14.8 Å². The van der Waals surface area contributed by atoms with Crippen LogP contribution in [-0.4, -0.2) is 80.3 Å². The fraction of sp³-hybridized carbons (Fsp3) is 0.417. The minimum Gasteiger partial charge on any atom is -0.484 e. The fourth-order valence-electron chi connectivity index (χ4n) is 4.08. The number of amides is 3. The number of hydrogen-bond acceptors (Lipinski definition) is 5. The number of urea groups is 1. The SMILES string of the molecule is O=C(COc1ccc(S(=O)(=O)N2CCCCC2)cc1)N1CCN(C(=O)Nc2ccccc2)CC1. The van der Waals surface area contributed by atoms with E-state index in [1.54, 1.807) is 21.9 Å². The molecular formula is C24H30N4O5S. The summed E-state index contributed by atoms with van der Waals surface area (Å²) < 4.78 is 32.6. The van der Waals surface area contributed by atoms with Gasteiger partial charge in [0.15, 0.2) is 6.61 Å². The Labute approximate surface area is 200 Å². The number of nitrogens with zero attached hydrogens (tertiary/aromatic N) is 3. The summed E-state index contributed by atoms with van der Waals surface area (Å²) in [6, 6.07) is 15.3. The lowest BCUT2D eigenvalue weighted by atomic mass is 10.2. The Balaban J connectivity index is 1.23. The van der Waals surface area contributed by atoms with Crippen LogP contribution >= 0.6 is 0 Å². The van der Waals surface area contributed by atoms with E-state index in [-0.39, 0.29) is 23.4 Å². The maximum absolute atomic E-state index is 12.7. The standard InChI is InChI=1S/C24H30N4O5S/c29-23(26-15-17-27(18-16-26)24(30)25-20-7-3-1-4-8-20)19-33-21-9-11-22(12-10-21)34(31,32)28-13-5-2-6-14-28/h1,3-4,7-12H,2,5-6,13-19H2,(H,25,30). The smallest absolute Gasteiger partial charge is 0.321 e. The maximum atomic E-state index is 12.7. The number of nitrogens with one attached hydrogen (secondary N) is 1. The van der Waals surface area contributed by atoms with Crippen molar-refractivity contribution in [3.63, 3.8) is 0 Å². The van der Waals surface area contributed by atoms with Crippen molar-refractivity contribution in [1.29, 1.82) is 0 Å². The molecule has 2 aromatic rings. The number of anilines is 1. The van der Waals surface area contributed by atoms with Crippen LogP contribution in [0, 0.1) is 0 Å². The second-order valence-electron chi connectivity index (χ2n) is 8.39. The molecule has 1 N–H and O–H groups in total. The zero-order chi connectivity index (χ0) is 24.0. The average molecular weight is 487 g/mol. The van der Waals surface area contributed by atoms with Crippen LogP contribution in [0.25, 0.3) is 0 Å². The number of carbonyl (C=O) groups excluding carboxylic acids is 2. The molecule has 2 aromatic carbocycles. The van der Waals surface area contributed by atoms with Crippen LogP contribution in [0.4, 0.5) is 10.5 Å². The molecular weight excluding hydrogens is 456 g/mol. The predicted octanol–water partition coefficient (Wildman–Crippen LogP) is 2.62. The lowest BCUT2D eigenvalue weighted by Gasteiger charge is -2.34. The Morgan fingerprint density at radius 2 is 1.41 bits per heavy atom. The summed E-state index contributed by atoms with van der Waals surface area (Å²) in [4.78, 5) is 28.5. The van der Waals surface area contributed by atoms with E-state index in [9.17, 15) is 18.0 Å². The summed E-state index contributed by atoms with van der Waals surface area (Å²) in [6.45, 7) is 2.69. The number of sulfonamides is 1. The van der Waals surface area contributed by atoms with Crippen LogP contribution < -0.4 is 10.1 Å². The summed E-state index contributed by atoms with van der Waals surface area (Å²) >= 11 is 0. The van der Waals surface area contributed by atoms with Gasteiger partial charge in [0.25, 0.3) is 5.91 Å². The summed E-state index contributed by atoms with van der Waals surface area (Å²) in [5.41, 5.74) is 0.731. The lowest BCUT2D eigenvalue weighted by molar-refractivity contribution is -0.134. The molecule has 0 saturated carbocycles. The third kappa shape index (κ3) is 5.87. The van der Waals surface area contributed by atoms with Gasteiger partial charge >= 0.3 is 6.03 Å². The predicted molar refractivity (Wildman–Crippen MR) is 128 cm³/mol. The van der Waals surface area contributed by atoms with E-state index in [0.717, 1.165) is 24.9 Å². The van der Waals surface area contributed by atoms with Crippen LogP contribution in [0.5, 0.6) is 5.75 Å². The zero-order valence-electron chi connectivity index (χ0n) is 19.1. The van der Waals surface area contributed by atoms with Crippen molar-refractivity contribution < 1.29 is 22.7 Å².